The van der Waals surface area contributed by atoms with E-state index in [2.05, 4.69) is 0 Å². The van der Waals surface area contributed by atoms with Crippen molar-refractivity contribution in [1.82, 2.24) is 4.90 Å². The Balaban J connectivity index is 3.09. The zero-order valence-electron chi connectivity index (χ0n) is 10.5. The van der Waals surface area contributed by atoms with Crippen molar-refractivity contribution in [2.24, 2.45) is 0 Å². The van der Waals surface area contributed by atoms with Crippen LogP contribution in [0.1, 0.15) is 24.2 Å². The number of carbonyl (C=O) groups excluding carboxylic acids is 1. The third kappa shape index (κ3) is 4.31. The van der Waals surface area contributed by atoms with Crippen molar-refractivity contribution in [3.05, 3.63) is 28.8 Å². The largest absolute Gasteiger partial charge is 0.406 e. The van der Waals surface area contributed by atoms with Crippen molar-refractivity contribution in [3.8, 4) is 0 Å². The van der Waals surface area contributed by atoms with Crippen LogP contribution in [0.25, 0.3) is 0 Å². The van der Waals surface area contributed by atoms with E-state index in [1.807, 2.05) is 0 Å². The second kappa shape index (κ2) is 5.69. The standard InChI is InChI=1S/C12H14ClF3N2O/c1-7(2)18(6-12(14,15)16)11(19)9-5-8(13)3-4-10(9)17/h3-5,7H,6,17H2,1-2H3. The zero-order chi connectivity index (χ0) is 14.8. The summed E-state index contributed by atoms with van der Waals surface area (Å²) in [6.07, 6.45) is -4.47. The van der Waals surface area contributed by atoms with Crippen molar-refractivity contribution in [1.29, 1.82) is 0 Å². The average molecular weight is 295 g/mol. The summed E-state index contributed by atoms with van der Waals surface area (Å²) in [5, 5.41) is 0.244. The first kappa shape index (κ1) is 15.6. The Morgan fingerprint density at radius 3 is 2.47 bits per heavy atom. The number of nitrogens with zero attached hydrogens (tertiary/aromatic N) is 1. The summed E-state index contributed by atoms with van der Waals surface area (Å²) < 4.78 is 37.4. The van der Waals surface area contributed by atoms with Gasteiger partial charge >= 0.3 is 6.18 Å². The minimum Gasteiger partial charge on any atom is -0.398 e. The van der Waals surface area contributed by atoms with E-state index >= 15 is 0 Å². The molecular weight excluding hydrogens is 281 g/mol. The topological polar surface area (TPSA) is 46.3 Å². The van der Waals surface area contributed by atoms with Crippen LogP contribution < -0.4 is 5.73 Å². The lowest BCUT2D eigenvalue weighted by Crippen LogP contribution is -2.43. The Labute approximate surface area is 114 Å². The van der Waals surface area contributed by atoms with Gasteiger partial charge in [0.1, 0.15) is 6.54 Å². The third-order valence-electron chi connectivity index (χ3n) is 2.48. The van der Waals surface area contributed by atoms with Gasteiger partial charge in [-0.15, -0.1) is 0 Å². The molecule has 0 unspecified atom stereocenters. The van der Waals surface area contributed by atoms with E-state index in [0.717, 1.165) is 0 Å². The lowest BCUT2D eigenvalue weighted by atomic mass is 10.1. The number of benzene rings is 1. The highest BCUT2D eigenvalue weighted by Gasteiger charge is 2.35. The Kier molecular flexibility index (Phi) is 4.68. The number of hydrogen-bond donors (Lipinski definition) is 1. The Morgan fingerprint density at radius 2 is 2.00 bits per heavy atom. The molecule has 106 valence electrons. The number of nitrogen functional groups attached to an aromatic ring is 1. The Morgan fingerprint density at radius 1 is 1.42 bits per heavy atom. The molecule has 0 saturated carbocycles. The maximum Gasteiger partial charge on any atom is 0.406 e. The van der Waals surface area contributed by atoms with Crippen LogP contribution in [-0.2, 0) is 0 Å². The molecule has 0 heterocycles. The molecule has 2 N–H and O–H groups in total. The van der Waals surface area contributed by atoms with Gasteiger partial charge in [-0.1, -0.05) is 11.6 Å². The molecule has 1 aromatic rings. The van der Waals surface area contributed by atoms with Crippen molar-refractivity contribution in [2.45, 2.75) is 26.1 Å². The minimum atomic E-state index is -4.47. The number of amides is 1. The fraction of sp³-hybridized carbons (Fsp3) is 0.417. The lowest BCUT2D eigenvalue weighted by molar-refractivity contribution is -0.143. The number of carbonyl (C=O) groups is 1. The van der Waals surface area contributed by atoms with Gasteiger partial charge in [0.25, 0.3) is 5.91 Å². The molecule has 0 aromatic heterocycles. The number of anilines is 1. The maximum absolute atomic E-state index is 12.5. The maximum atomic E-state index is 12.5. The molecule has 0 spiro atoms. The molecule has 3 nitrogen and oxygen atoms in total. The van der Waals surface area contributed by atoms with Crippen LogP contribution in [0.2, 0.25) is 5.02 Å². The number of alkyl halides is 3. The molecule has 0 aliphatic heterocycles. The summed E-state index contributed by atoms with van der Waals surface area (Å²) in [6.45, 7) is 1.68. The predicted octanol–water partition coefficient (Wildman–Crippen LogP) is 3.34. The number of halogens is 4. The first-order valence-corrected chi connectivity index (χ1v) is 5.92. The average Bonchev–Trinajstić information content (AvgIpc) is 2.27. The number of rotatable bonds is 3. The summed E-state index contributed by atoms with van der Waals surface area (Å²) in [7, 11) is 0. The first-order valence-electron chi connectivity index (χ1n) is 5.54. The molecule has 0 aliphatic rings. The van der Waals surface area contributed by atoms with Gasteiger partial charge in [0.15, 0.2) is 0 Å². The quantitative estimate of drug-likeness (QED) is 0.869. The lowest BCUT2D eigenvalue weighted by Gasteiger charge is -2.28. The van der Waals surface area contributed by atoms with Gasteiger partial charge in [-0.05, 0) is 32.0 Å². The van der Waals surface area contributed by atoms with Gasteiger partial charge in [0.2, 0.25) is 0 Å². The molecule has 1 aromatic carbocycles. The second-order valence-electron chi connectivity index (χ2n) is 4.37. The molecule has 0 bridgehead atoms. The van der Waals surface area contributed by atoms with Crippen LogP contribution in [0.5, 0.6) is 0 Å². The molecule has 1 rings (SSSR count). The first-order chi connectivity index (χ1) is 8.61. The summed E-state index contributed by atoms with van der Waals surface area (Å²) >= 11 is 5.73. The third-order valence-corrected chi connectivity index (χ3v) is 2.71. The van der Waals surface area contributed by atoms with Crippen molar-refractivity contribution < 1.29 is 18.0 Å². The molecular formula is C12H14ClF3N2O. The van der Waals surface area contributed by atoms with Crippen LogP contribution >= 0.6 is 11.6 Å². The molecule has 0 atom stereocenters. The Bertz CT molecular complexity index is 475. The number of hydrogen-bond acceptors (Lipinski definition) is 2. The van der Waals surface area contributed by atoms with E-state index in [1.54, 1.807) is 0 Å². The van der Waals surface area contributed by atoms with Crippen LogP contribution in [-0.4, -0.2) is 29.6 Å². The smallest absolute Gasteiger partial charge is 0.398 e. The highest BCUT2D eigenvalue weighted by atomic mass is 35.5. The molecule has 1 amide bonds. The predicted molar refractivity (Wildman–Crippen MR) is 68.1 cm³/mol. The van der Waals surface area contributed by atoms with Crippen LogP contribution in [0.3, 0.4) is 0 Å². The highest BCUT2D eigenvalue weighted by molar-refractivity contribution is 6.31. The SMILES string of the molecule is CC(C)N(CC(F)(F)F)C(=O)c1cc(Cl)ccc1N. The molecule has 0 saturated heterocycles. The van der Waals surface area contributed by atoms with Crippen molar-refractivity contribution >= 4 is 23.2 Å². The summed E-state index contributed by atoms with van der Waals surface area (Å²) in [4.78, 5) is 12.8. The van der Waals surface area contributed by atoms with Gasteiger partial charge in [0.05, 0.1) is 5.56 Å². The van der Waals surface area contributed by atoms with E-state index in [-0.39, 0.29) is 16.3 Å². The number of nitrogens with two attached hydrogens (primary N) is 1. The van der Waals surface area contributed by atoms with Crippen molar-refractivity contribution in [2.75, 3.05) is 12.3 Å². The van der Waals surface area contributed by atoms with E-state index < -0.39 is 24.7 Å². The fourth-order valence-corrected chi connectivity index (χ4v) is 1.72. The highest BCUT2D eigenvalue weighted by Crippen LogP contribution is 2.24. The van der Waals surface area contributed by atoms with E-state index in [4.69, 9.17) is 17.3 Å². The normalized spacial score (nSPS) is 11.7. The van der Waals surface area contributed by atoms with Gasteiger partial charge in [-0.2, -0.15) is 13.2 Å². The summed E-state index contributed by atoms with van der Waals surface area (Å²) in [5.41, 5.74) is 5.68. The fourth-order valence-electron chi connectivity index (χ4n) is 1.55. The van der Waals surface area contributed by atoms with Crippen molar-refractivity contribution in [3.63, 3.8) is 0 Å². The van der Waals surface area contributed by atoms with Gasteiger partial charge in [-0.25, -0.2) is 0 Å². The molecule has 7 heteroatoms. The zero-order valence-corrected chi connectivity index (χ0v) is 11.2. The van der Waals surface area contributed by atoms with Crippen LogP contribution in [0.4, 0.5) is 18.9 Å². The Hall–Kier alpha value is -1.43. The van der Waals surface area contributed by atoms with Gasteiger partial charge in [0, 0.05) is 16.8 Å². The molecule has 0 fully saturated rings. The van der Waals surface area contributed by atoms with Crippen LogP contribution in [0, 0.1) is 0 Å². The van der Waals surface area contributed by atoms with E-state index in [0.29, 0.717) is 4.90 Å². The monoisotopic (exact) mass is 294 g/mol. The summed E-state index contributed by atoms with van der Waals surface area (Å²) in [5.74, 6) is -0.785. The minimum absolute atomic E-state index is 0.0227. The molecule has 19 heavy (non-hydrogen) atoms. The molecule has 0 radical (unpaired) electrons. The van der Waals surface area contributed by atoms with Gasteiger partial charge < -0.3 is 10.6 Å². The van der Waals surface area contributed by atoms with Gasteiger partial charge in [-0.3, -0.25) is 4.79 Å². The van der Waals surface area contributed by atoms with E-state index in [9.17, 15) is 18.0 Å². The summed E-state index contributed by atoms with van der Waals surface area (Å²) in [6, 6.07) is 3.52. The van der Waals surface area contributed by atoms with E-state index in [1.165, 1.54) is 32.0 Å². The van der Waals surface area contributed by atoms with Crippen LogP contribution in [0.15, 0.2) is 18.2 Å². The molecule has 0 aliphatic carbocycles. The second-order valence-corrected chi connectivity index (χ2v) is 4.81.